The minimum Gasteiger partial charge on any atom is -0.493 e. The number of hydrogen-bond acceptors (Lipinski definition) is 6. The summed E-state index contributed by atoms with van der Waals surface area (Å²) in [4.78, 5) is 4.59. The van der Waals surface area contributed by atoms with E-state index in [1.54, 1.807) is 35.1 Å². The minimum atomic E-state index is -5.60. The van der Waals surface area contributed by atoms with Crippen LogP contribution in [0.5, 0.6) is 5.75 Å². The molecule has 4 N–H and O–H groups in total. The highest BCUT2D eigenvalue weighted by Crippen LogP contribution is 2.41. The number of aliphatic hydroxyl groups is 1. The Morgan fingerprint density at radius 1 is 1.11 bits per heavy atom. The Hall–Kier alpha value is -3.83. The summed E-state index contributed by atoms with van der Waals surface area (Å²) in [7, 11) is -5.60. The van der Waals surface area contributed by atoms with Crippen molar-refractivity contribution < 1.29 is 31.4 Å². The van der Waals surface area contributed by atoms with Crippen molar-refractivity contribution in [3.63, 3.8) is 0 Å². The lowest BCUT2D eigenvalue weighted by Crippen LogP contribution is -2.30. The zero-order valence-corrected chi connectivity index (χ0v) is 20.2. The predicted molar refractivity (Wildman–Crippen MR) is 136 cm³/mol. The van der Waals surface area contributed by atoms with Gasteiger partial charge in [0.15, 0.2) is 0 Å². The first-order valence-corrected chi connectivity index (χ1v) is 12.7. The number of hydrogen-bond donors (Lipinski definition) is 3. The number of nitrogens with zero attached hydrogens (tertiary/aromatic N) is 1. The molecule has 0 aromatic heterocycles. The van der Waals surface area contributed by atoms with E-state index in [9.17, 15) is 26.7 Å². The summed E-state index contributed by atoms with van der Waals surface area (Å²) in [5.41, 5.74) is 2.44. The van der Waals surface area contributed by atoms with E-state index in [4.69, 9.17) is 10.5 Å². The molecule has 0 fully saturated rings. The highest BCUT2D eigenvalue weighted by atomic mass is 32.2. The first kappa shape index (κ1) is 26.2. The van der Waals surface area contributed by atoms with Gasteiger partial charge in [0.05, 0.1) is 24.1 Å². The summed E-state index contributed by atoms with van der Waals surface area (Å²) >= 11 is 0. The Labute approximate surface area is 212 Å². The number of allylic oxidation sites excluding steroid dienone is 1. The lowest BCUT2D eigenvalue weighted by atomic mass is 9.88. The molecule has 11 heteroatoms. The van der Waals surface area contributed by atoms with Crippen molar-refractivity contribution in [3.8, 4) is 16.9 Å². The second-order valence-corrected chi connectivity index (χ2v) is 10.0. The Morgan fingerprint density at radius 2 is 1.81 bits per heavy atom. The van der Waals surface area contributed by atoms with Crippen LogP contribution >= 0.6 is 0 Å². The third kappa shape index (κ3) is 5.95. The van der Waals surface area contributed by atoms with Crippen molar-refractivity contribution in [1.82, 2.24) is 0 Å². The number of nitrogens with two attached hydrogens (primary N) is 1. The van der Waals surface area contributed by atoms with Crippen LogP contribution in [0.4, 0.5) is 24.5 Å². The van der Waals surface area contributed by atoms with Crippen LogP contribution in [0.3, 0.4) is 0 Å². The average Bonchev–Trinajstić information content (AvgIpc) is 2.86. The van der Waals surface area contributed by atoms with Crippen LogP contribution in [0, 0.1) is 5.92 Å². The van der Waals surface area contributed by atoms with Crippen LogP contribution in [0.2, 0.25) is 0 Å². The maximum absolute atomic E-state index is 12.9. The van der Waals surface area contributed by atoms with Crippen LogP contribution in [0.1, 0.15) is 18.1 Å². The van der Waals surface area contributed by atoms with Crippen LogP contribution in [0.15, 0.2) is 90.1 Å². The number of halogens is 3. The van der Waals surface area contributed by atoms with E-state index in [2.05, 4.69) is 4.99 Å². The van der Waals surface area contributed by atoms with E-state index >= 15 is 0 Å². The Kier molecular flexibility index (Phi) is 7.55. The molecule has 0 spiro atoms. The van der Waals surface area contributed by atoms with Crippen molar-refractivity contribution in [2.24, 2.45) is 16.6 Å². The molecule has 37 heavy (non-hydrogen) atoms. The first-order valence-electron chi connectivity index (χ1n) is 11.2. The smallest absolute Gasteiger partial charge is 0.493 e. The molecule has 0 saturated carbocycles. The number of aliphatic imine (C=N–C) groups is 1. The van der Waals surface area contributed by atoms with Crippen molar-refractivity contribution in [1.29, 1.82) is 0 Å². The number of para-hydroxylation sites is 2. The summed E-state index contributed by atoms with van der Waals surface area (Å²) < 4.78 is 69.5. The van der Waals surface area contributed by atoms with E-state index in [0.717, 1.165) is 5.69 Å². The number of rotatable bonds is 7. The highest BCUT2D eigenvalue weighted by Gasteiger charge is 2.46. The van der Waals surface area contributed by atoms with Crippen LogP contribution in [0.25, 0.3) is 11.1 Å². The fraction of sp³-hybridized carbons (Fsp3) is 0.192. The van der Waals surface area contributed by atoms with Gasteiger partial charge in [0.2, 0.25) is 0 Å². The van der Waals surface area contributed by atoms with Crippen molar-refractivity contribution >= 4 is 27.1 Å². The quantitative estimate of drug-likeness (QED) is 0.359. The number of benzene rings is 3. The number of anilines is 1. The van der Waals surface area contributed by atoms with E-state index < -0.39 is 21.6 Å². The molecule has 0 unspecified atom stereocenters. The van der Waals surface area contributed by atoms with Gasteiger partial charge in [0.1, 0.15) is 5.75 Å². The van der Waals surface area contributed by atoms with E-state index in [-0.39, 0.29) is 23.8 Å². The van der Waals surface area contributed by atoms with Gasteiger partial charge < -0.3 is 15.6 Å². The van der Waals surface area contributed by atoms with Gasteiger partial charge in [0, 0.05) is 22.8 Å². The SMILES string of the molecule is NC=CC(C[C@@H]1COc2cc(-c3ccccc3NS(=O)(=O)C(F)(F)F)ccc2[C@H]1O)=Nc1ccccc1. The molecule has 0 radical (unpaired) electrons. The fourth-order valence-electron chi connectivity index (χ4n) is 4.01. The molecule has 1 heterocycles. The summed E-state index contributed by atoms with van der Waals surface area (Å²) in [6.45, 7) is 0.159. The third-order valence-corrected chi connectivity index (χ3v) is 6.91. The molecule has 3 aromatic rings. The van der Waals surface area contributed by atoms with Gasteiger partial charge in [-0.2, -0.15) is 21.6 Å². The molecule has 4 rings (SSSR count). The van der Waals surface area contributed by atoms with Gasteiger partial charge in [0.25, 0.3) is 0 Å². The molecule has 0 aliphatic carbocycles. The minimum absolute atomic E-state index is 0.159. The average molecular weight is 532 g/mol. The predicted octanol–water partition coefficient (Wildman–Crippen LogP) is 5.29. The van der Waals surface area contributed by atoms with Crippen molar-refractivity contribution in [2.75, 3.05) is 11.3 Å². The number of alkyl halides is 3. The van der Waals surface area contributed by atoms with Crippen LogP contribution < -0.4 is 15.2 Å². The molecule has 0 bridgehead atoms. The number of aliphatic hydroxyl groups excluding tert-OH is 1. The molecule has 7 nitrogen and oxygen atoms in total. The number of ether oxygens (including phenoxy) is 1. The van der Waals surface area contributed by atoms with Crippen LogP contribution in [-0.4, -0.2) is 31.4 Å². The summed E-state index contributed by atoms with van der Waals surface area (Å²) in [6, 6.07) is 19.8. The summed E-state index contributed by atoms with van der Waals surface area (Å²) in [5, 5.41) is 11.1. The molecular formula is C26H24F3N3O4S. The number of fused-ring (bicyclic) bond motifs is 1. The molecule has 0 saturated heterocycles. The zero-order valence-electron chi connectivity index (χ0n) is 19.4. The van der Waals surface area contributed by atoms with E-state index in [1.165, 1.54) is 24.4 Å². The van der Waals surface area contributed by atoms with Gasteiger partial charge >= 0.3 is 15.5 Å². The van der Waals surface area contributed by atoms with Gasteiger partial charge in [-0.15, -0.1) is 0 Å². The Bertz CT molecular complexity index is 1420. The topological polar surface area (TPSA) is 114 Å². The van der Waals surface area contributed by atoms with Crippen molar-refractivity contribution in [2.45, 2.75) is 18.0 Å². The van der Waals surface area contributed by atoms with Crippen LogP contribution in [-0.2, 0) is 10.0 Å². The van der Waals surface area contributed by atoms with Gasteiger partial charge in [-0.25, -0.2) is 0 Å². The van der Waals surface area contributed by atoms with E-state index in [1.807, 2.05) is 30.3 Å². The second kappa shape index (κ2) is 10.7. The maximum atomic E-state index is 12.9. The Balaban J connectivity index is 1.59. The monoisotopic (exact) mass is 531 g/mol. The third-order valence-electron chi connectivity index (χ3n) is 5.81. The second-order valence-electron chi connectivity index (χ2n) is 8.37. The molecule has 1 aliphatic heterocycles. The molecule has 3 aromatic carbocycles. The maximum Gasteiger partial charge on any atom is 0.516 e. The number of nitrogens with one attached hydrogen (secondary N) is 1. The molecular weight excluding hydrogens is 507 g/mol. The molecule has 2 atom stereocenters. The molecule has 194 valence electrons. The Morgan fingerprint density at radius 3 is 2.51 bits per heavy atom. The van der Waals surface area contributed by atoms with Gasteiger partial charge in [-0.05, 0) is 48.5 Å². The first-order chi connectivity index (χ1) is 17.6. The largest absolute Gasteiger partial charge is 0.516 e. The van der Waals surface area contributed by atoms with E-state index in [0.29, 0.717) is 29.0 Å². The lowest BCUT2D eigenvalue weighted by Gasteiger charge is -2.31. The lowest BCUT2D eigenvalue weighted by molar-refractivity contribution is -0.0429. The number of sulfonamides is 1. The normalized spacial score (nSPS) is 18.3. The zero-order chi connectivity index (χ0) is 26.6. The van der Waals surface area contributed by atoms with Gasteiger partial charge in [-0.3, -0.25) is 9.71 Å². The fourth-order valence-corrected chi connectivity index (χ4v) is 4.59. The van der Waals surface area contributed by atoms with Crippen molar-refractivity contribution in [3.05, 3.63) is 90.6 Å². The summed E-state index contributed by atoms with van der Waals surface area (Å²) in [6.07, 6.45) is 2.52. The van der Waals surface area contributed by atoms with Gasteiger partial charge in [-0.1, -0.05) is 48.5 Å². The molecule has 1 aliphatic rings. The molecule has 0 amide bonds. The summed E-state index contributed by atoms with van der Waals surface area (Å²) in [5.74, 6) is 0.0218. The standard InChI is InChI=1S/C26H24F3N3O4S/c27-26(28,29)37(34,35)32-23-9-5-4-8-21(23)17-10-11-22-24(15-17)36-16-18(25(22)33)14-20(12-13-30)31-19-6-2-1-3-7-19/h1-13,15,18,25,32-33H,14,16,30H2/t18-,25+/m1/s1. The highest BCUT2D eigenvalue weighted by molar-refractivity contribution is 7.93.